The number of hydrogen-bond donors (Lipinski definition) is 2. The fraction of sp³-hybridized carbons (Fsp3) is 0.522. The predicted octanol–water partition coefficient (Wildman–Crippen LogP) is 2.82. The van der Waals surface area contributed by atoms with Crippen molar-refractivity contribution in [3.05, 3.63) is 42.2 Å². The van der Waals surface area contributed by atoms with Crippen LogP contribution in [-0.2, 0) is 4.79 Å². The highest BCUT2D eigenvalue weighted by molar-refractivity contribution is 5.94. The summed E-state index contributed by atoms with van der Waals surface area (Å²) in [6.45, 7) is 7.95. The molecular formula is C23H30N6O. The van der Waals surface area contributed by atoms with Gasteiger partial charge in [0.1, 0.15) is 0 Å². The largest absolute Gasteiger partial charge is 0.369 e. The first kappa shape index (κ1) is 19.3. The highest BCUT2D eigenvalue weighted by atomic mass is 16.2. The van der Waals surface area contributed by atoms with Crippen molar-refractivity contribution in [3.63, 3.8) is 0 Å². The van der Waals surface area contributed by atoms with E-state index < -0.39 is 0 Å². The van der Waals surface area contributed by atoms with Gasteiger partial charge in [-0.2, -0.15) is 0 Å². The van der Waals surface area contributed by atoms with Gasteiger partial charge in [0.15, 0.2) is 0 Å². The molecule has 2 aliphatic heterocycles. The van der Waals surface area contributed by atoms with Gasteiger partial charge >= 0.3 is 0 Å². The molecule has 3 heterocycles. The minimum absolute atomic E-state index is 0.0615. The average molecular weight is 407 g/mol. The summed E-state index contributed by atoms with van der Waals surface area (Å²) in [6, 6.07) is 8.70. The number of carbonyl (C=O) groups excluding carboxylic acids is 1. The van der Waals surface area contributed by atoms with Gasteiger partial charge in [0.2, 0.25) is 11.9 Å². The van der Waals surface area contributed by atoms with Gasteiger partial charge < -0.3 is 20.4 Å². The topological polar surface area (TPSA) is 73.4 Å². The Kier molecular flexibility index (Phi) is 5.06. The van der Waals surface area contributed by atoms with Gasteiger partial charge in [0.25, 0.3) is 0 Å². The number of aromatic nitrogens is 2. The molecule has 3 aliphatic rings. The minimum Gasteiger partial charge on any atom is -0.369 e. The summed E-state index contributed by atoms with van der Waals surface area (Å²) in [5.74, 6) is 1.60. The van der Waals surface area contributed by atoms with E-state index in [9.17, 15) is 4.79 Å². The van der Waals surface area contributed by atoms with Crippen LogP contribution in [0.2, 0.25) is 0 Å². The Bertz CT molecular complexity index is 909. The molecule has 0 unspecified atom stereocenters. The van der Waals surface area contributed by atoms with Crippen molar-refractivity contribution in [2.75, 3.05) is 41.3 Å². The van der Waals surface area contributed by atoms with Crippen molar-refractivity contribution in [3.8, 4) is 0 Å². The highest BCUT2D eigenvalue weighted by Gasteiger charge is 2.47. The Balaban J connectivity index is 1.58. The quantitative estimate of drug-likeness (QED) is 0.814. The maximum absolute atomic E-state index is 12.8. The number of anilines is 3. The Hall–Kier alpha value is -2.67. The number of fused-ring (bicyclic) bond motifs is 1. The average Bonchev–Trinajstić information content (AvgIpc) is 3.61. The van der Waals surface area contributed by atoms with Crippen molar-refractivity contribution < 1.29 is 4.79 Å². The van der Waals surface area contributed by atoms with Gasteiger partial charge in [-0.3, -0.25) is 4.79 Å². The van der Waals surface area contributed by atoms with E-state index in [1.165, 1.54) is 18.5 Å². The lowest BCUT2D eigenvalue weighted by Gasteiger charge is -2.46. The van der Waals surface area contributed by atoms with E-state index in [-0.39, 0.29) is 23.9 Å². The van der Waals surface area contributed by atoms with E-state index in [0.29, 0.717) is 11.9 Å². The molecule has 0 bridgehead atoms. The van der Waals surface area contributed by atoms with Crippen LogP contribution in [-0.4, -0.2) is 48.1 Å². The monoisotopic (exact) mass is 406 g/mol. The molecule has 0 spiro atoms. The predicted molar refractivity (Wildman–Crippen MR) is 119 cm³/mol. The zero-order valence-corrected chi connectivity index (χ0v) is 17.7. The first-order chi connectivity index (χ1) is 14.6. The molecule has 1 aromatic heterocycles. The molecule has 2 fully saturated rings. The molecule has 1 amide bonds. The SMILES string of the molecule is CC(=O)N1c2ccc(N3CCNCC3)cc2[C@H](Nc2ncccn2)[C@@H](C)[C@@H]1C1CC1. The molecule has 2 aromatic rings. The number of carbonyl (C=O) groups is 1. The van der Waals surface area contributed by atoms with Crippen LogP contribution >= 0.6 is 0 Å². The molecule has 1 saturated heterocycles. The summed E-state index contributed by atoms with van der Waals surface area (Å²) < 4.78 is 0. The Morgan fingerprint density at radius 2 is 1.90 bits per heavy atom. The molecule has 7 heteroatoms. The molecule has 1 aromatic carbocycles. The number of nitrogens with zero attached hydrogens (tertiary/aromatic N) is 4. The molecular weight excluding hydrogens is 376 g/mol. The molecule has 1 aliphatic carbocycles. The van der Waals surface area contributed by atoms with Gasteiger partial charge in [-0.25, -0.2) is 9.97 Å². The number of nitrogens with one attached hydrogen (secondary N) is 2. The lowest BCUT2D eigenvalue weighted by atomic mass is 9.79. The Labute approximate surface area is 177 Å². The van der Waals surface area contributed by atoms with Crippen LogP contribution in [0.1, 0.15) is 38.3 Å². The fourth-order valence-electron chi connectivity index (χ4n) is 5.19. The van der Waals surface area contributed by atoms with Crippen molar-refractivity contribution in [1.29, 1.82) is 0 Å². The third kappa shape index (κ3) is 3.51. The third-order valence-corrected chi connectivity index (χ3v) is 6.75. The first-order valence-corrected chi connectivity index (χ1v) is 11.1. The second kappa shape index (κ2) is 7.87. The van der Waals surface area contributed by atoms with Gasteiger partial charge in [-0.05, 0) is 43.0 Å². The van der Waals surface area contributed by atoms with Crippen LogP contribution in [0.15, 0.2) is 36.7 Å². The fourth-order valence-corrected chi connectivity index (χ4v) is 5.19. The van der Waals surface area contributed by atoms with Crippen LogP contribution in [0.5, 0.6) is 0 Å². The molecule has 7 nitrogen and oxygen atoms in total. The third-order valence-electron chi connectivity index (χ3n) is 6.75. The lowest BCUT2D eigenvalue weighted by Crippen LogP contribution is -2.51. The summed E-state index contributed by atoms with van der Waals surface area (Å²) in [5.41, 5.74) is 3.42. The van der Waals surface area contributed by atoms with Gasteiger partial charge in [-0.1, -0.05) is 6.92 Å². The van der Waals surface area contributed by atoms with E-state index in [2.05, 4.69) is 55.5 Å². The summed E-state index contributed by atoms with van der Waals surface area (Å²) in [6.07, 6.45) is 5.92. The molecule has 2 N–H and O–H groups in total. The van der Waals surface area contributed by atoms with Crippen molar-refractivity contribution in [2.24, 2.45) is 11.8 Å². The van der Waals surface area contributed by atoms with Crippen LogP contribution in [0.25, 0.3) is 0 Å². The van der Waals surface area contributed by atoms with Crippen molar-refractivity contribution >= 4 is 23.2 Å². The van der Waals surface area contributed by atoms with Gasteiger partial charge in [-0.15, -0.1) is 0 Å². The standard InChI is InChI=1S/C23H30N6O/c1-15-21(27-23-25-8-3-9-26-23)19-14-18(28-12-10-24-11-13-28)6-7-20(19)29(16(2)30)22(15)17-4-5-17/h3,6-9,14-15,17,21-22,24H,4-5,10-13H2,1-2H3,(H,25,26,27)/t15-,21-,22-/m1/s1. The second-order valence-electron chi connectivity index (χ2n) is 8.75. The van der Waals surface area contributed by atoms with Crippen LogP contribution in [0, 0.1) is 11.8 Å². The zero-order chi connectivity index (χ0) is 20.7. The summed E-state index contributed by atoms with van der Waals surface area (Å²) in [5, 5.41) is 7.02. The van der Waals surface area contributed by atoms with E-state index in [1.807, 2.05) is 6.07 Å². The first-order valence-electron chi connectivity index (χ1n) is 11.1. The second-order valence-corrected chi connectivity index (χ2v) is 8.75. The molecule has 3 atom stereocenters. The van der Waals surface area contributed by atoms with Gasteiger partial charge in [0.05, 0.1) is 6.04 Å². The zero-order valence-electron chi connectivity index (χ0n) is 17.7. The summed E-state index contributed by atoms with van der Waals surface area (Å²) in [4.78, 5) is 26.1. The van der Waals surface area contributed by atoms with Crippen molar-refractivity contribution in [1.82, 2.24) is 15.3 Å². The van der Waals surface area contributed by atoms with Gasteiger partial charge in [0, 0.05) is 74.4 Å². The number of benzene rings is 1. The maximum Gasteiger partial charge on any atom is 0.224 e. The van der Waals surface area contributed by atoms with Crippen LogP contribution < -0.4 is 20.4 Å². The number of rotatable bonds is 4. The highest BCUT2D eigenvalue weighted by Crippen LogP contribution is 2.50. The molecule has 1 saturated carbocycles. The Morgan fingerprint density at radius 3 is 2.57 bits per heavy atom. The van der Waals surface area contributed by atoms with E-state index in [0.717, 1.165) is 37.4 Å². The normalized spacial score (nSPS) is 26.3. The molecule has 5 rings (SSSR count). The minimum atomic E-state index is 0.0615. The molecule has 0 radical (unpaired) electrons. The van der Waals surface area contributed by atoms with Crippen LogP contribution in [0.3, 0.4) is 0 Å². The van der Waals surface area contributed by atoms with E-state index in [1.54, 1.807) is 19.3 Å². The Morgan fingerprint density at radius 1 is 1.17 bits per heavy atom. The summed E-state index contributed by atoms with van der Waals surface area (Å²) >= 11 is 0. The van der Waals surface area contributed by atoms with E-state index in [4.69, 9.17) is 0 Å². The number of piperazine rings is 1. The summed E-state index contributed by atoms with van der Waals surface area (Å²) in [7, 11) is 0. The molecule has 158 valence electrons. The number of amides is 1. The van der Waals surface area contributed by atoms with Crippen molar-refractivity contribution in [2.45, 2.75) is 38.8 Å². The van der Waals surface area contributed by atoms with E-state index >= 15 is 0 Å². The van der Waals surface area contributed by atoms with Crippen LogP contribution in [0.4, 0.5) is 17.3 Å². The smallest absolute Gasteiger partial charge is 0.224 e. The molecule has 30 heavy (non-hydrogen) atoms. The lowest BCUT2D eigenvalue weighted by molar-refractivity contribution is -0.117. The number of hydrogen-bond acceptors (Lipinski definition) is 6. The maximum atomic E-state index is 12.8.